The van der Waals surface area contributed by atoms with E-state index in [1.54, 1.807) is 6.20 Å². The summed E-state index contributed by atoms with van der Waals surface area (Å²) in [7, 11) is 0. The zero-order valence-corrected chi connectivity index (χ0v) is 7.89. The molecule has 14 heavy (non-hydrogen) atoms. The molecule has 1 aromatic heterocycles. The van der Waals surface area contributed by atoms with Crippen molar-refractivity contribution in [3.8, 4) is 0 Å². The van der Waals surface area contributed by atoms with Gasteiger partial charge in [-0.15, -0.1) is 0 Å². The van der Waals surface area contributed by atoms with E-state index in [4.69, 9.17) is 5.11 Å². The number of carboxylic acids is 1. The van der Waals surface area contributed by atoms with Crippen LogP contribution < -0.4 is 0 Å². The predicted molar refractivity (Wildman–Crippen MR) is 49.7 cm³/mol. The molecule has 0 aliphatic heterocycles. The third-order valence-electron chi connectivity index (χ3n) is 2.89. The fourth-order valence-electron chi connectivity index (χ4n) is 2.03. The van der Waals surface area contributed by atoms with Gasteiger partial charge in [0.1, 0.15) is 0 Å². The van der Waals surface area contributed by atoms with Crippen LogP contribution in [0, 0.1) is 12.0 Å². The van der Waals surface area contributed by atoms with E-state index in [0.717, 1.165) is 25.7 Å². The van der Waals surface area contributed by atoms with Gasteiger partial charge in [-0.2, -0.15) is 5.10 Å². The first-order valence-electron chi connectivity index (χ1n) is 4.90. The third kappa shape index (κ3) is 1.78. The summed E-state index contributed by atoms with van der Waals surface area (Å²) >= 11 is 0. The van der Waals surface area contributed by atoms with Crippen LogP contribution in [0.1, 0.15) is 31.7 Å². The minimum absolute atomic E-state index is 0.147. The van der Waals surface area contributed by atoms with Crippen molar-refractivity contribution in [2.75, 3.05) is 0 Å². The molecule has 4 heteroatoms. The summed E-state index contributed by atoms with van der Waals surface area (Å²) < 4.78 is 1.89. The predicted octanol–water partition coefficient (Wildman–Crippen LogP) is 1.50. The van der Waals surface area contributed by atoms with Gasteiger partial charge in [0.05, 0.1) is 18.2 Å². The second-order valence-corrected chi connectivity index (χ2v) is 3.76. The fourth-order valence-corrected chi connectivity index (χ4v) is 2.03. The van der Waals surface area contributed by atoms with Crippen LogP contribution in [0.5, 0.6) is 0 Å². The standard InChI is InChI=1S/C10H13N2O2/c13-10(14)8-2-4-9(5-3-8)12-7-1-6-11-12/h6-9H,2-5H2,(H,13,14). The first kappa shape index (κ1) is 9.24. The average molecular weight is 193 g/mol. The molecule has 1 aliphatic rings. The van der Waals surface area contributed by atoms with E-state index in [1.807, 2.05) is 10.9 Å². The van der Waals surface area contributed by atoms with Crippen molar-refractivity contribution in [3.05, 3.63) is 18.5 Å². The minimum Gasteiger partial charge on any atom is -0.481 e. The van der Waals surface area contributed by atoms with Crippen molar-refractivity contribution in [1.82, 2.24) is 9.78 Å². The Hall–Kier alpha value is -1.32. The molecule has 2 rings (SSSR count). The number of nitrogens with zero attached hydrogens (tertiary/aromatic N) is 2. The Morgan fingerprint density at radius 3 is 2.64 bits per heavy atom. The highest BCUT2D eigenvalue weighted by Crippen LogP contribution is 2.31. The highest BCUT2D eigenvalue weighted by atomic mass is 16.4. The van der Waals surface area contributed by atoms with Crippen LogP contribution in [0.4, 0.5) is 0 Å². The molecule has 0 atom stereocenters. The lowest BCUT2D eigenvalue weighted by atomic mass is 9.86. The lowest BCUT2D eigenvalue weighted by Crippen LogP contribution is -2.23. The van der Waals surface area contributed by atoms with Crippen LogP contribution in [-0.2, 0) is 4.79 Å². The second-order valence-electron chi connectivity index (χ2n) is 3.76. The molecule has 1 fully saturated rings. The lowest BCUT2D eigenvalue weighted by molar-refractivity contribution is -0.143. The average Bonchev–Trinajstić information content (AvgIpc) is 2.71. The number of aliphatic carboxylic acids is 1. The van der Waals surface area contributed by atoms with Crippen LogP contribution in [0.2, 0.25) is 0 Å². The van der Waals surface area contributed by atoms with Gasteiger partial charge in [-0.3, -0.25) is 9.48 Å². The maximum Gasteiger partial charge on any atom is 0.306 e. The summed E-state index contributed by atoms with van der Waals surface area (Å²) in [5.41, 5.74) is 0. The molecule has 1 saturated carbocycles. The molecule has 1 aliphatic carbocycles. The molecular formula is C10H13N2O2. The summed E-state index contributed by atoms with van der Waals surface area (Å²) in [6.45, 7) is 0. The van der Waals surface area contributed by atoms with Gasteiger partial charge in [-0.05, 0) is 25.7 Å². The second kappa shape index (κ2) is 3.82. The fraction of sp³-hybridized carbons (Fsp3) is 0.600. The maximum atomic E-state index is 10.7. The van der Waals surface area contributed by atoms with E-state index in [0.29, 0.717) is 6.04 Å². The number of hydrogen-bond donors (Lipinski definition) is 1. The maximum absolute atomic E-state index is 10.7. The van der Waals surface area contributed by atoms with Gasteiger partial charge < -0.3 is 5.11 Å². The van der Waals surface area contributed by atoms with Crippen LogP contribution >= 0.6 is 0 Å². The van der Waals surface area contributed by atoms with Crippen LogP contribution in [0.3, 0.4) is 0 Å². The van der Waals surface area contributed by atoms with Gasteiger partial charge in [0.15, 0.2) is 0 Å². The summed E-state index contributed by atoms with van der Waals surface area (Å²) in [5.74, 6) is -0.804. The highest BCUT2D eigenvalue weighted by molar-refractivity contribution is 5.69. The number of aromatic nitrogens is 2. The van der Waals surface area contributed by atoms with Crippen molar-refractivity contribution < 1.29 is 9.90 Å². The van der Waals surface area contributed by atoms with Crippen molar-refractivity contribution in [2.45, 2.75) is 31.7 Å². The first-order chi connectivity index (χ1) is 6.77. The monoisotopic (exact) mass is 193 g/mol. The zero-order valence-electron chi connectivity index (χ0n) is 7.89. The van der Waals surface area contributed by atoms with E-state index in [2.05, 4.69) is 11.2 Å². The molecule has 1 radical (unpaired) electrons. The summed E-state index contributed by atoms with van der Waals surface area (Å²) in [4.78, 5) is 10.7. The Labute approximate surface area is 82.5 Å². The number of carboxylic acid groups (broad SMARTS) is 1. The molecular weight excluding hydrogens is 180 g/mol. The van der Waals surface area contributed by atoms with Crippen LogP contribution in [0.25, 0.3) is 0 Å². The largest absolute Gasteiger partial charge is 0.481 e. The van der Waals surface area contributed by atoms with Gasteiger partial charge in [0.25, 0.3) is 0 Å². The van der Waals surface area contributed by atoms with E-state index < -0.39 is 5.97 Å². The van der Waals surface area contributed by atoms with Crippen LogP contribution in [0.15, 0.2) is 12.4 Å². The van der Waals surface area contributed by atoms with Gasteiger partial charge in [0.2, 0.25) is 0 Å². The Morgan fingerprint density at radius 1 is 1.43 bits per heavy atom. The Kier molecular flexibility index (Phi) is 2.52. The van der Waals surface area contributed by atoms with Crippen molar-refractivity contribution in [2.24, 2.45) is 5.92 Å². The zero-order chi connectivity index (χ0) is 9.97. The quantitative estimate of drug-likeness (QED) is 0.774. The molecule has 0 spiro atoms. The van der Waals surface area contributed by atoms with Gasteiger partial charge in [-0.1, -0.05) is 0 Å². The van der Waals surface area contributed by atoms with Gasteiger partial charge >= 0.3 is 5.97 Å². The smallest absolute Gasteiger partial charge is 0.306 e. The SMILES string of the molecule is O=C(O)C1CCC(n2c[c]cn2)CC1. The molecule has 0 aromatic carbocycles. The molecule has 1 aromatic rings. The van der Waals surface area contributed by atoms with Crippen molar-refractivity contribution in [3.63, 3.8) is 0 Å². The van der Waals surface area contributed by atoms with Crippen molar-refractivity contribution in [1.29, 1.82) is 0 Å². The first-order valence-corrected chi connectivity index (χ1v) is 4.90. The van der Waals surface area contributed by atoms with E-state index in [-0.39, 0.29) is 5.92 Å². The molecule has 0 saturated heterocycles. The minimum atomic E-state index is -0.657. The molecule has 1 N–H and O–H groups in total. The van der Waals surface area contributed by atoms with E-state index in [9.17, 15) is 4.79 Å². The topological polar surface area (TPSA) is 55.1 Å². The molecule has 1 heterocycles. The van der Waals surface area contributed by atoms with E-state index in [1.165, 1.54) is 0 Å². The molecule has 75 valence electrons. The summed E-state index contributed by atoms with van der Waals surface area (Å²) in [5, 5.41) is 12.9. The van der Waals surface area contributed by atoms with Crippen LogP contribution in [-0.4, -0.2) is 20.9 Å². The lowest BCUT2D eigenvalue weighted by Gasteiger charge is -2.26. The third-order valence-corrected chi connectivity index (χ3v) is 2.89. The number of rotatable bonds is 2. The van der Waals surface area contributed by atoms with Gasteiger partial charge in [0, 0.05) is 12.3 Å². The number of carbonyl (C=O) groups is 1. The molecule has 0 bridgehead atoms. The van der Waals surface area contributed by atoms with Crippen molar-refractivity contribution >= 4 is 5.97 Å². The molecule has 0 amide bonds. The normalized spacial score (nSPS) is 27.4. The molecule has 4 nitrogen and oxygen atoms in total. The summed E-state index contributed by atoms with van der Waals surface area (Å²) in [6.07, 6.45) is 6.81. The van der Waals surface area contributed by atoms with E-state index >= 15 is 0 Å². The van der Waals surface area contributed by atoms with Gasteiger partial charge in [-0.25, -0.2) is 0 Å². The highest BCUT2D eigenvalue weighted by Gasteiger charge is 2.26. The Morgan fingerprint density at radius 2 is 2.14 bits per heavy atom. The Balaban J connectivity index is 1.93. The Bertz CT molecular complexity index is 300. The molecule has 0 unspecified atom stereocenters. The number of hydrogen-bond acceptors (Lipinski definition) is 2. The summed E-state index contributed by atoms with van der Waals surface area (Å²) in [6, 6.07) is 3.27.